The van der Waals surface area contributed by atoms with E-state index in [0.29, 0.717) is 25.0 Å². The Kier molecular flexibility index (Phi) is 8.81. The average molecular weight is 478 g/mol. The molecular weight excluding hydrogens is 447 g/mol. The molecule has 9 heteroatoms. The van der Waals surface area contributed by atoms with Crippen molar-refractivity contribution in [2.24, 2.45) is 10.7 Å². The van der Waals surface area contributed by atoms with Crippen molar-refractivity contribution in [3.63, 3.8) is 0 Å². The number of nitrogens with zero attached hydrogens (tertiary/aromatic N) is 3. The van der Waals surface area contributed by atoms with Crippen LogP contribution in [0.5, 0.6) is 0 Å². The Morgan fingerprint density at radius 2 is 2.08 bits per heavy atom. The number of rotatable bonds is 5. The Bertz CT molecular complexity index is 603. The lowest BCUT2D eigenvalue weighted by Crippen LogP contribution is -2.49. The van der Waals surface area contributed by atoms with Crippen LogP contribution in [-0.2, 0) is 16.8 Å². The van der Waals surface area contributed by atoms with Crippen LogP contribution in [0.1, 0.15) is 45.3 Å². The molecule has 0 aliphatic carbocycles. The van der Waals surface area contributed by atoms with Gasteiger partial charge in [-0.1, -0.05) is 20.8 Å². The van der Waals surface area contributed by atoms with Crippen molar-refractivity contribution in [1.82, 2.24) is 20.5 Å². The van der Waals surface area contributed by atoms with E-state index >= 15 is 0 Å². The molecule has 2 rings (SSSR count). The Balaban J connectivity index is 0.00000338. The van der Waals surface area contributed by atoms with Gasteiger partial charge in [0.1, 0.15) is 5.76 Å². The number of hydrogen-bond acceptors (Lipinski definition) is 5. The van der Waals surface area contributed by atoms with E-state index in [0.717, 1.165) is 37.7 Å². The maximum absolute atomic E-state index is 11.0. The Morgan fingerprint density at radius 3 is 2.58 bits per heavy atom. The molecule has 1 aliphatic heterocycles. The number of guanidine groups is 1. The average Bonchev–Trinajstić information content (AvgIpc) is 3.02. The van der Waals surface area contributed by atoms with Gasteiger partial charge in [0.2, 0.25) is 11.8 Å². The molecule has 0 unspecified atom stereocenters. The fourth-order valence-corrected chi connectivity index (χ4v) is 2.74. The first kappa shape index (κ1) is 22.7. The van der Waals surface area contributed by atoms with Crippen molar-refractivity contribution in [1.29, 1.82) is 0 Å². The Morgan fingerprint density at radius 1 is 1.42 bits per heavy atom. The molecule has 0 bridgehead atoms. The summed E-state index contributed by atoms with van der Waals surface area (Å²) in [6.07, 6.45) is 3.67. The van der Waals surface area contributed by atoms with E-state index in [4.69, 9.17) is 10.2 Å². The number of aromatic nitrogens is 1. The third kappa shape index (κ3) is 7.10. The number of likely N-dealkylation sites (tertiary alicyclic amines) is 1. The highest BCUT2D eigenvalue weighted by Gasteiger charge is 2.21. The van der Waals surface area contributed by atoms with Crippen molar-refractivity contribution in [2.75, 3.05) is 26.7 Å². The van der Waals surface area contributed by atoms with Crippen molar-refractivity contribution in [3.05, 3.63) is 17.8 Å². The van der Waals surface area contributed by atoms with Crippen LogP contribution >= 0.6 is 24.0 Å². The summed E-state index contributed by atoms with van der Waals surface area (Å²) >= 11 is 0. The maximum atomic E-state index is 11.0. The second kappa shape index (κ2) is 10.1. The lowest BCUT2D eigenvalue weighted by atomic mass is 9.94. The first-order valence-corrected chi connectivity index (χ1v) is 8.71. The fraction of sp³-hybridized carbons (Fsp3) is 0.706. The molecule has 0 saturated carbocycles. The smallest absolute Gasteiger partial charge is 0.231 e. The summed E-state index contributed by atoms with van der Waals surface area (Å²) in [5.74, 6) is 1.96. The summed E-state index contributed by atoms with van der Waals surface area (Å²) in [4.78, 5) is 21.6. The quantitative estimate of drug-likeness (QED) is 0.334. The fourth-order valence-electron chi connectivity index (χ4n) is 2.74. The number of nitrogens with one attached hydrogen (secondary N) is 2. The predicted molar refractivity (Wildman–Crippen MR) is 113 cm³/mol. The third-order valence-electron chi connectivity index (χ3n) is 4.23. The summed E-state index contributed by atoms with van der Waals surface area (Å²) in [6.45, 7) is 8.80. The van der Waals surface area contributed by atoms with E-state index in [1.54, 1.807) is 13.2 Å². The monoisotopic (exact) mass is 478 g/mol. The molecule has 4 N–H and O–H groups in total. The van der Waals surface area contributed by atoms with Crippen molar-refractivity contribution in [3.8, 4) is 0 Å². The van der Waals surface area contributed by atoms with Crippen LogP contribution < -0.4 is 16.4 Å². The second-order valence-corrected chi connectivity index (χ2v) is 7.46. The maximum Gasteiger partial charge on any atom is 0.231 e. The van der Waals surface area contributed by atoms with Gasteiger partial charge in [-0.3, -0.25) is 14.7 Å². The molecule has 148 valence electrons. The minimum absolute atomic E-state index is 0. The number of piperidine rings is 1. The molecular formula is C17H31IN6O2. The molecule has 0 spiro atoms. The lowest BCUT2D eigenvalue weighted by Gasteiger charge is -2.32. The van der Waals surface area contributed by atoms with Crippen LogP contribution in [-0.4, -0.2) is 54.5 Å². The van der Waals surface area contributed by atoms with E-state index in [2.05, 4.69) is 46.3 Å². The number of amides is 1. The SMILES string of the molecule is CN=C(NCc1ncc(C(C)(C)C)o1)NC1CCN(CC(N)=O)CC1.I. The number of primary amides is 1. The van der Waals surface area contributed by atoms with E-state index in [9.17, 15) is 4.79 Å². The van der Waals surface area contributed by atoms with Gasteiger partial charge in [-0.05, 0) is 12.8 Å². The summed E-state index contributed by atoms with van der Waals surface area (Å²) in [7, 11) is 1.74. The van der Waals surface area contributed by atoms with Crippen LogP contribution in [0.3, 0.4) is 0 Å². The van der Waals surface area contributed by atoms with Crippen molar-refractivity contribution < 1.29 is 9.21 Å². The first-order valence-electron chi connectivity index (χ1n) is 8.71. The highest BCUT2D eigenvalue weighted by Crippen LogP contribution is 2.22. The van der Waals surface area contributed by atoms with Crippen molar-refractivity contribution in [2.45, 2.75) is 51.6 Å². The number of nitrogens with two attached hydrogens (primary N) is 1. The number of carbonyl (C=O) groups excluding carboxylic acids is 1. The number of halogens is 1. The van der Waals surface area contributed by atoms with Crippen LogP contribution in [0.15, 0.2) is 15.6 Å². The number of aliphatic imine (C=N–C) groups is 1. The van der Waals surface area contributed by atoms with Crippen LogP contribution in [0.25, 0.3) is 0 Å². The largest absolute Gasteiger partial charge is 0.443 e. The molecule has 1 fully saturated rings. The number of oxazole rings is 1. The van der Waals surface area contributed by atoms with Gasteiger partial charge in [0.05, 0.1) is 19.3 Å². The zero-order valence-corrected chi connectivity index (χ0v) is 18.4. The standard InChI is InChI=1S/C17H30N6O2.HI/c1-17(2,3)13-9-20-15(25-13)10-21-16(19-4)22-12-5-7-23(8-6-12)11-14(18)24;/h9,12H,5-8,10-11H2,1-4H3,(H2,18,24)(H2,19,21,22);1H. The Hall–Kier alpha value is -1.36. The highest BCUT2D eigenvalue weighted by atomic mass is 127. The molecule has 1 aromatic heterocycles. The van der Waals surface area contributed by atoms with E-state index in [1.165, 1.54) is 0 Å². The number of carbonyl (C=O) groups is 1. The van der Waals surface area contributed by atoms with Gasteiger partial charge in [0, 0.05) is 31.6 Å². The van der Waals surface area contributed by atoms with Gasteiger partial charge in [-0.15, -0.1) is 24.0 Å². The highest BCUT2D eigenvalue weighted by molar-refractivity contribution is 14.0. The van der Waals surface area contributed by atoms with Gasteiger partial charge >= 0.3 is 0 Å². The molecule has 0 aromatic carbocycles. The minimum atomic E-state index is -0.274. The molecule has 2 heterocycles. The predicted octanol–water partition coefficient (Wildman–Crippen LogP) is 1.20. The van der Waals surface area contributed by atoms with Gasteiger partial charge in [-0.25, -0.2) is 4.98 Å². The molecule has 1 aliphatic rings. The van der Waals surface area contributed by atoms with Gasteiger partial charge < -0.3 is 20.8 Å². The molecule has 26 heavy (non-hydrogen) atoms. The van der Waals surface area contributed by atoms with E-state index in [1.807, 2.05) is 0 Å². The van der Waals surface area contributed by atoms with E-state index < -0.39 is 0 Å². The molecule has 0 atom stereocenters. The Labute approximate surface area is 172 Å². The summed E-state index contributed by atoms with van der Waals surface area (Å²) in [5, 5.41) is 6.65. The summed E-state index contributed by atoms with van der Waals surface area (Å²) in [5.41, 5.74) is 5.19. The van der Waals surface area contributed by atoms with Crippen molar-refractivity contribution >= 4 is 35.8 Å². The topological polar surface area (TPSA) is 109 Å². The molecule has 0 radical (unpaired) electrons. The third-order valence-corrected chi connectivity index (χ3v) is 4.23. The second-order valence-electron chi connectivity index (χ2n) is 7.46. The summed E-state index contributed by atoms with van der Waals surface area (Å²) in [6, 6.07) is 0.324. The van der Waals surface area contributed by atoms with Crippen LogP contribution in [0, 0.1) is 0 Å². The van der Waals surface area contributed by atoms with Crippen LogP contribution in [0.2, 0.25) is 0 Å². The molecule has 1 amide bonds. The lowest BCUT2D eigenvalue weighted by molar-refractivity contribution is -0.119. The minimum Gasteiger partial charge on any atom is -0.443 e. The molecule has 1 saturated heterocycles. The van der Waals surface area contributed by atoms with Gasteiger partial charge in [-0.2, -0.15) is 0 Å². The van der Waals surface area contributed by atoms with Gasteiger partial charge in [0.15, 0.2) is 5.96 Å². The zero-order chi connectivity index (χ0) is 18.4. The van der Waals surface area contributed by atoms with Crippen LogP contribution in [0.4, 0.5) is 0 Å². The van der Waals surface area contributed by atoms with E-state index in [-0.39, 0.29) is 35.3 Å². The summed E-state index contributed by atoms with van der Waals surface area (Å²) < 4.78 is 5.78. The number of hydrogen-bond donors (Lipinski definition) is 3. The first-order chi connectivity index (χ1) is 11.8. The van der Waals surface area contributed by atoms with Gasteiger partial charge in [0.25, 0.3) is 0 Å². The molecule has 1 aromatic rings. The normalized spacial score (nSPS) is 16.8. The molecule has 8 nitrogen and oxygen atoms in total. The zero-order valence-electron chi connectivity index (χ0n) is 16.0.